The topological polar surface area (TPSA) is 74.1 Å². The van der Waals surface area contributed by atoms with Crippen LogP contribution >= 0.6 is 11.8 Å². The summed E-state index contributed by atoms with van der Waals surface area (Å²) >= 11 is 1.15. The molecule has 182 valence electrons. The lowest BCUT2D eigenvalue weighted by Gasteiger charge is -2.23. The van der Waals surface area contributed by atoms with Crippen molar-refractivity contribution in [1.82, 2.24) is 5.01 Å². The van der Waals surface area contributed by atoms with Gasteiger partial charge in [0, 0.05) is 12.8 Å². The van der Waals surface area contributed by atoms with Gasteiger partial charge >= 0.3 is 0 Å². The fourth-order valence-corrected chi connectivity index (χ4v) is 5.15. The number of rotatable bonds is 5. The number of anilines is 1. The Balaban J connectivity index is 1.36. The van der Waals surface area contributed by atoms with Crippen LogP contribution in [0.1, 0.15) is 35.6 Å². The van der Waals surface area contributed by atoms with Crippen LogP contribution in [0.3, 0.4) is 0 Å². The molecule has 0 unspecified atom stereocenters. The number of nitrogens with zero attached hydrogens (tertiary/aromatic N) is 3. The number of benzene rings is 3. The Morgan fingerprint density at radius 1 is 1.06 bits per heavy atom. The van der Waals surface area contributed by atoms with E-state index < -0.39 is 22.9 Å². The molecule has 0 spiro atoms. The fraction of sp³-hybridized carbons (Fsp3) is 0.185. The normalized spacial score (nSPS) is 19.3. The van der Waals surface area contributed by atoms with Crippen molar-refractivity contribution < 1.29 is 18.4 Å². The SMILES string of the molecule is Cc1ccc(C2=NN(C3=NC(=O)[C@H](CC(=O)Nc4ccccc4F)S3)[C@H](c3ccc(F)cc3)C2)cc1. The van der Waals surface area contributed by atoms with E-state index >= 15 is 0 Å². The molecule has 0 bridgehead atoms. The Labute approximate surface area is 211 Å². The number of para-hydroxylation sites is 1. The first kappa shape index (κ1) is 23.9. The van der Waals surface area contributed by atoms with Gasteiger partial charge in [-0.2, -0.15) is 10.1 Å². The average Bonchev–Trinajstić information content (AvgIpc) is 3.45. The second-order valence-electron chi connectivity index (χ2n) is 8.60. The lowest BCUT2D eigenvalue weighted by Crippen LogP contribution is -2.25. The number of carbonyl (C=O) groups excluding carboxylic acids is 2. The summed E-state index contributed by atoms with van der Waals surface area (Å²) < 4.78 is 27.5. The predicted octanol–water partition coefficient (Wildman–Crippen LogP) is 5.45. The van der Waals surface area contributed by atoms with E-state index in [0.29, 0.717) is 11.6 Å². The highest BCUT2D eigenvalue weighted by molar-refractivity contribution is 8.15. The second-order valence-corrected chi connectivity index (χ2v) is 9.77. The number of amides is 2. The minimum absolute atomic E-state index is 0.0577. The summed E-state index contributed by atoms with van der Waals surface area (Å²) in [6.07, 6.45) is 0.384. The molecule has 0 aromatic heterocycles. The summed E-state index contributed by atoms with van der Waals surface area (Å²) in [7, 11) is 0. The smallest absolute Gasteiger partial charge is 0.262 e. The molecule has 6 nitrogen and oxygen atoms in total. The molecule has 9 heteroatoms. The van der Waals surface area contributed by atoms with E-state index in [-0.39, 0.29) is 24.0 Å². The third-order valence-electron chi connectivity index (χ3n) is 5.99. The number of hydrogen-bond acceptors (Lipinski definition) is 5. The quantitative estimate of drug-likeness (QED) is 0.501. The van der Waals surface area contributed by atoms with Crippen molar-refractivity contribution in [2.24, 2.45) is 10.1 Å². The first-order chi connectivity index (χ1) is 17.4. The van der Waals surface area contributed by atoms with Gasteiger partial charge in [0.2, 0.25) is 5.91 Å². The van der Waals surface area contributed by atoms with E-state index in [1.54, 1.807) is 23.2 Å². The molecule has 2 heterocycles. The minimum Gasteiger partial charge on any atom is -0.324 e. The van der Waals surface area contributed by atoms with Gasteiger partial charge in [-0.3, -0.25) is 9.59 Å². The fourth-order valence-electron chi connectivity index (χ4n) is 4.09. The van der Waals surface area contributed by atoms with Gasteiger partial charge in [-0.25, -0.2) is 13.8 Å². The Hall–Kier alpha value is -3.85. The molecule has 2 aliphatic heterocycles. The van der Waals surface area contributed by atoms with Crippen molar-refractivity contribution in [2.75, 3.05) is 5.32 Å². The number of aryl methyl sites for hydroxylation is 1. The van der Waals surface area contributed by atoms with Crippen LogP contribution in [0.4, 0.5) is 14.5 Å². The van der Waals surface area contributed by atoms with Crippen molar-refractivity contribution in [3.63, 3.8) is 0 Å². The van der Waals surface area contributed by atoms with Crippen LogP contribution in [0, 0.1) is 18.6 Å². The van der Waals surface area contributed by atoms with Crippen LogP contribution in [0.5, 0.6) is 0 Å². The van der Waals surface area contributed by atoms with Gasteiger partial charge in [0.1, 0.15) is 16.9 Å². The maximum Gasteiger partial charge on any atom is 0.262 e. The highest BCUT2D eigenvalue weighted by Gasteiger charge is 2.39. The summed E-state index contributed by atoms with van der Waals surface area (Å²) in [6.45, 7) is 2.01. The molecule has 3 aromatic carbocycles. The van der Waals surface area contributed by atoms with Gasteiger partial charge in [-0.05, 0) is 42.3 Å². The number of thioether (sulfide) groups is 1. The van der Waals surface area contributed by atoms with Gasteiger partial charge in [0.25, 0.3) is 5.91 Å². The highest BCUT2D eigenvalue weighted by atomic mass is 32.2. The molecule has 2 aliphatic rings. The number of nitrogens with one attached hydrogen (secondary N) is 1. The monoisotopic (exact) mass is 504 g/mol. The molecule has 0 saturated heterocycles. The first-order valence-electron chi connectivity index (χ1n) is 11.4. The lowest BCUT2D eigenvalue weighted by atomic mass is 9.98. The summed E-state index contributed by atoms with van der Waals surface area (Å²) in [4.78, 5) is 29.4. The van der Waals surface area contributed by atoms with Gasteiger partial charge in [0.05, 0.1) is 17.4 Å². The maximum absolute atomic E-state index is 13.9. The zero-order valence-electron chi connectivity index (χ0n) is 19.3. The molecule has 2 amide bonds. The zero-order valence-corrected chi connectivity index (χ0v) is 20.1. The first-order valence-corrected chi connectivity index (χ1v) is 12.3. The lowest BCUT2D eigenvalue weighted by molar-refractivity contribution is -0.121. The number of carbonyl (C=O) groups is 2. The molecule has 36 heavy (non-hydrogen) atoms. The molecular formula is C27H22F2N4O2S. The van der Waals surface area contributed by atoms with E-state index in [1.807, 2.05) is 31.2 Å². The molecule has 0 radical (unpaired) electrons. The highest BCUT2D eigenvalue weighted by Crippen LogP contribution is 2.38. The average molecular weight is 505 g/mol. The van der Waals surface area contributed by atoms with E-state index in [9.17, 15) is 18.4 Å². The molecule has 0 saturated carbocycles. The molecule has 2 atom stereocenters. The van der Waals surface area contributed by atoms with Crippen LogP contribution in [0.15, 0.2) is 82.9 Å². The van der Waals surface area contributed by atoms with Crippen molar-refractivity contribution in [1.29, 1.82) is 0 Å². The Kier molecular flexibility index (Phi) is 6.65. The standard InChI is InChI=1S/C27H22F2N4O2S/c1-16-6-8-17(9-7-16)22-14-23(18-10-12-19(28)13-11-18)33(32-22)27-31-26(35)24(36-27)15-25(34)30-21-5-3-2-4-20(21)29/h2-13,23-24H,14-15H2,1H3,(H,30,34)/t23-,24-/m0/s1. The summed E-state index contributed by atoms with van der Waals surface area (Å²) in [5, 5.41) is 8.59. The van der Waals surface area contributed by atoms with Crippen molar-refractivity contribution in [3.05, 3.63) is 101 Å². The molecule has 3 aromatic rings. The van der Waals surface area contributed by atoms with Gasteiger partial charge in [-0.1, -0.05) is 65.9 Å². The summed E-state index contributed by atoms with van der Waals surface area (Å²) in [5.41, 5.74) is 3.79. The molecule has 0 aliphatic carbocycles. The van der Waals surface area contributed by atoms with E-state index in [2.05, 4.69) is 10.3 Å². The Morgan fingerprint density at radius 2 is 1.78 bits per heavy atom. The predicted molar refractivity (Wildman–Crippen MR) is 137 cm³/mol. The number of aliphatic imine (C=N–C) groups is 1. The largest absolute Gasteiger partial charge is 0.324 e. The summed E-state index contributed by atoms with van der Waals surface area (Å²) in [5.74, 6) is -1.82. The number of halogens is 2. The number of hydrogen-bond donors (Lipinski definition) is 1. The van der Waals surface area contributed by atoms with Crippen molar-refractivity contribution in [2.45, 2.75) is 31.1 Å². The summed E-state index contributed by atoms with van der Waals surface area (Å²) in [6, 6.07) is 19.7. The van der Waals surface area contributed by atoms with Crippen molar-refractivity contribution >= 4 is 40.1 Å². The van der Waals surface area contributed by atoms with Crippen LogP contribution in [-0.4, -0.2) is 33.0 Å². The van der Waals surface area contributed by atoms with Crippen LogP contribution in [-0.2, 0) is 9.59 Å². The zero-order chi connectivity index (χ0) is 25.2. The van der Waals surface area contributed by atoms with E-state index in [0.717, 1.165) is 34.2 Å². The number of amidine groups is 1. The van der Waals surface area contributed by atoms with Crippen molar-refractivity contribution in [3.8, 4) is 0 Å². The van der Waals surface area contributed by atoms with Gasteiger partial charge < -0.3 is 5.32 Å². The molecule has 0 fully saturated rings. The number of hydrazone groups is 1. The van der Waals surface area contributed by atoms with Crippen LogP contribution < -0.4 is 5.32 Å². The third-order valence-corrected chi connectivity index (χ3v) is 7.14. The Morgan fingerprint density at radius 3 is 2.50 bits per heavy atom. The maximum atomic E-state index is 13.9. The molecule has 1 N–H and O–H groups in total. The minimum atomic E-state index is -0.751. The Bertz CT molecular complexity index is 1370. The molecule has 5 rings (SSSR count). The second kappa shape index (κ2) is 10.0. The van der Waals surface area contributed by atoms with Gasteiger partial charge in [-0.15, -0.1) is 0 Å². The van der Waals surface area contributed by atoms with E-state index in [4.69, 9.17) is 5.10 Å². The van der Waals surface area contributed by atoms with Gasteiger partial charge in [0.15, 0.2) is 5.17 Å². The third kappa shape index (κ3) is 5.06. The van der Waals surface area contributed by atoms with Crippen LogP contribution in [0.25, 0.3) is 0 Å². The molecular weight excluding hydrogens is 482 g/mol. The van der Waals surface area contributed by atoms with E-state index in [1.165, 1.54) is 30.3 Å². The van der Waals surface area contributed by atoms with Crippen LogP contribution in [0.2, 0.25) is 0 Å².